The molecule has 0 radical (unpaired) electrons. The lowest BCUT2D eigenvalue weighted by molar-refractivity contribution is 0.600. The molecule has 2 aromatic rings. The van der Waals surface area contributed by atoms with E-state index in [4.69, 9.17) is 11.6 Å². The monoisotopic (exact) mass is 312 g/mol. The van der Waals surface area contributed by atoms with E-state index in [-0.39, 0.29) is 16.9 Å². The molecule has 0 spiro atoms. The molecule has 0 saturated carbocycles. The number of nitrogens with zero attached hydrogens (tertiary/aromatic N) is 3. The van der Waals surface area contributed by atoms with E-state index < -0.39 is 10.0 Å². The molecule has 2 rings (SSSR count). The second-order valence-electron chi connectivity index (χ2n) is 4.18. The molecule has 1 N–H and O–H groups in total. The van der Waals surface area contributed by atoms with Gasteiger partial charge in [-0.15, -0.1) is 0 Å². The van der Waals surface area contributed by atoms with Crippen LogP contribution in [0.1, 0.15) is 11.3 Å². The van der Waals surface area contributed by atoms with Crippen LogP contribution in [0.3, 0.4) is 0 Å². The predicted molar refractivity (Wildman–Crippen MR) is 77.1 cm³/mol. The summed E-state index contributed by atoms with van der Waals surface area (Å²) in [5, 5.41) is 0.198. The van der Waals surface area contributed by atoms with Gasteiger partial charge >= 0.3 is 0 Å². The van der Waals surface area contributed by atoms with E-state index in [1.807, 2.05) is 0 Å². The number of aromatic nitrogens is 3. The van der Waals surface area contributed by atoms with Crippen molar-refractivity contribution in [1.82, 2.24) is 15.0 Å². The van der Waals surface area contributed by atoms with Gasteiger partial charge in [-0.05, 0) is 37.1 Å². The van der Waals surface area contributed by atoms with Crippen LogP contribution >= 0.6 is 11.6 Å². The van der Waals surface area contributed by atoms with Crippen molar-refractivity contribution >= 4 is 27.6 Å². The third kappa shape index (κ3) is 4.43. The molecule has 0 amide bonds. The number of hydrogen-bond donors (Lipinski definition) is 1. The quantitative estimate of drug-likeness (QED) is 0.851. The van der Waals surface area contributed by atoms with Crippen LogP contribution in [0.15, 0.2) is 30.6 Å². The maximum Gasteiger partial charge on any atom is 0.238 e. The summed E-state index contributed by atoms with van der Waals surface area (Å²) in [5.41, 5.74) is 1.49. The molecule has 0 bridgehead atoms. The summed E-state index contributed by atoms with van der Waals surface area (Å²) in [5.74, 6) is -0.0731. The molecule has 0 fully saturated rings. The molecule has 0 saturated heterocycles. The van der Waals surface area contributed by atoms with E-state index in [2.05, 4.69) is 19.7 Å². The number of halogens is 1. The van der Waals surface area contributed by atoms with Crippen LogP contribution in [0.4, 0.5) is 5.95 Å². The minimum Gasteiger partial charge on any atom is -0.265 e. The van der Waals surface area contributed by atoms with Gasteiger partial charge in [0.25, 0.3) is 0 Å². The zero-order valence-electron chi connectivity index (χ0n) is 10.7. The summed E-state index contributed by atoms with van der Waals surface area (Å²) in [6.07, 6.45) is 3.63. The van der Waals surface area contributed by atoms with Gasteiger partial charge in [0.1, 0.15) is 5.15 Å². The fraction of sp³-hybridized carbons (Fsp3) is 0.250. The largest absolute Gasteiger partial charge is 0.265 e. The molecule has 106 valence electrons. The lowest BCUT2D eigenvalue weighted by Crippen LogP contribution is -2.20. The second kappa shape index (κ2) is 6.15. The van der Waals surface area contributed by atoms with Crippen molar-refractivity contribution in [3.63, 3.8) is 0 Å². The van der Waals surface area contributed by atoms with E-state index in [1.54, 1.807) is 37.5 Å². The number of rotatable bonds is 5. The molecule has 8 heteroatoms. The Morgan fingerprint density at radius 2 is 1.95 bits per heavy atom. The van der Waals surface area contributed by atoms with Crippen molar-refractivity contribution < 1.29 is 8.42 Å². The topological polar surface area (TPSA) is 84.8 Å². The van der Waals surface area contributed by atoms with Crippen molar-refractivity contribution in [3.05, 3.63) is 47.0 Å². The van der Waals surface area contributed by atoms with Gasteiger partial charge in [0.15, 0.2) is 0 Å². The van der Waals surface area contributed by atoms with Gasteiger partial charge in [0.05, 0.1) is 5.75 Å². The van der Waals surface area contributed by atoms with E-state index in [0.717, 1.165) is 5.56 Å². The first kappa shape index (κ1) is 14.7. The first-order chi connectivity index (χ1) is 9.44. The van der Waals surface area contributed by atoms with Crippen LogP contribution < -0.4 is 4.72 Å². The van der Waals surface area contributed by atoms with Crippen molar-refractivity contribution in [2.75, 3.05) is 10.5 Å². The van der Waals surface area contributed by atoms with Crippen molar-refractivity contribution in [2.24, 2.45) is 0 Å². The highest BCUT2D eigenvalue weighted by molar-refractivity contribution is 7.92. The smallest absolute Gasteiger partial charge is 0.238 e. The van der Waals surface area contributed by atoms with Gasteiger partial charge in [-0.2, -0.15) is 0 Å². The molecule has 6 nitrogen and oxygen atoms in total. The molecule has 0 aliphatic rings. The fourth-order valence-electron chi connectivity index (χ4n) is 1.57. The average Bonchev–Trinajstić information content (AvgIpc) is 2.36. The Morgan fingerprint density at radius 3 is 2.60 bits per heavy atom. The Kier molecular flexibility index (Phi) is 4.51. The Hall–Kier alpha value is -1.73. The first-order valence-corrected chi connectivity index (χ1v) is 7.88. The first-order valence-electron chi connectivity index (χ1n) is 5.85. The summed E-state index contributed by atoms with van der Waals surface area (Å²) in [6, 6.07) is 5.10. The van der Waals surface area contributed by atoms with Crippen molar-refractivity contribution in [2.45, 2.75) is 13.3 Å². The highest BCUT2D eigenvalue weighted by Gasteiger charge is 2.13. The van der Waals surface area contributed by atoms with Crippen LogP contribution in [0.2, 0.25) is 5.15 Å². The van der Waals surface area contributed by atoms with Gasteiger partial charge < -0.3 is 0 Å². The van der Waals surface area contributed by atoms with Crippen molar-refractivity contribution in [1.29, 1.82) is 0 Å². The SMILES string of the molecule is Cc1cc(Cl)nc(NS(=O)(=O)CCc2ccncc2)n1. The minimum atomic E-state index is -3.52. The van der Waals surface area contributed by atoms with Crippen LogP contribution in [0, 0.1) is 6.92 Å². The Labute approximate surface area is 122 Å². The van der Waals surface area contributed by atoms with Crippen LogP contribution in [-0.2, 0) is 16.4 Å². The van der Waals surface area contributed by atoms with E-state index in [0.29, 0.717) is 12.1 Å². The molecule has 0 aliphatic carbocycles. The summed E-state index contributed by atoms with van der Waals surface area (Å²) in [6.45, 7) is 1.71. The summed E-state index contributed by atoms with van der Waals surface area (Å²) in [4.78, 5) is 11.7. The molecule has 0 atom stereocenters. The number of anilines is 1. The highest BCUT2D eigenvalue weighted by atomic mass is 35.5. The third-order valence-electron chi connectivity index (χ3n) is 2.48. The fourth-order valence-corrected chi connectivity index (χ4v) is 2.78. The molecular formula is C12H13ClN4O2S. The number of aryl methyl sites for hydroxylation is 2. The molecule has 20 heavy (non-hydrogen) atoms. The second-order valence-corrected chi connectivity index (χ2v) is 6.41. The van der Waals surface area contributed by atoms with Gasteiger partial charge in [-0.1, -0.05) is 11.6 Å². The van der Waals surface area contributed by atoms with E-state index in [9.17, 15) is 8.42 Å². The van der Waals surface area contributed by atoms with Crippen molar-refractivity contribution in [3.8, 4) is 0 Å². The van der Waals surface area contributed by atoms with E-state index in [1.165, 1.54) is 0 Å². The molecule has 0 aromatic carbocycles. The Morgan fingerprint density at radius 1 is 1.25 bits per heavy atom. The summed E-state index contributed by atoms with van der Waals surface area (Å²) >= 11 is 5.76. The summed E-state index contributed by atoms with van der Waals surface area (Å²) < 4.78 is 26.2. The molecule has 0 aliphatic heterocycles. The maximum atomic E-state index is 11.9. The molecule has 0 unspecified atom stereocenters. The Bertz CT molecular complexity index is 672. The van der Waals surface area contributed by atoms with Gasteiger partial charge in [-0.25, -0.2) is 18.4 Å². The van der Waals surface area contributed by atoms with Crippen LogP contribution in [0.5, 0.6) is 0 Å². The van der Waals surface area contributed by atoms with Gasteiger partial charge in [0, 0.05) is 18.1 Å². The number of pyridine rings is 1. The number of sulfonamides is 1. The van der Waals surface area contributed by atoms with E-state index >= 15 is 0 Å². The number of nitrogens with one attached hydrogen (secondary N) is 1. The maximum absolute atomic E-state index is 11.9. The molecule has 2 aromatic heterocycles. The zero-order chi connectivity index (χ0) is 14.6. The lowest BCUT2D eigenvalue weighted by atomic mass is 10.2. The molecular weight excluding hydrogens is 300 g/mol. The van der Waals surface area contributed by atoms with Crippen LogP contribution in [-0.4, -0.2) is 29.1 Å². The lowest BCUT2D eigenvalue weighted by Gasteiger charge is -2.07. The predicted octanol–water partition coefficient (Wildman–Crippen LogP) is 1.82. The summed E-state index contributed by atoms with van der Waals surface area (Å²) in [7, 11) is -3.52. The standard InChI is InChI=1S/C12H13ClN4O2S/c1-9-8-11(13)16-12(15-9)17-20(18,19)7-4-10-2-5-14-6-3-10/h2-3,5-6,8H,4,7H2,1H3,(H,15,16,17). The Balaban J connectivity index is 2.04. The van der Waals surface area contributed by atoms with Crippen LogP contribution in [0.25, 0.3) is 0 Å². The minimum absolute atomic E-state index is 0.00951. The highest BCUT2D eigenvalue weighted by Crippen LogP contribution is 2.11. The average molecular weight is 313 g/mol. The zero-order valence-corrected chi connectivity index (χ0v) is 12.3. The number of hydrogen-bond acceptors (Lipinski definition) is 5. The third-order valence-corrected chi connectivity index (χ3v) is 3.91. The molecule has 2 heterocycles. The van der Waals surface area contributed by atoms with Gasteiger partial charge in [0.2, 0.25) is 16.0 Å². The van der Waals surface area contributed by atoms with Gasteiger partial charge in [-0.3, -0.25) is 9.71 Å². The normalized spacial score (nSPS) is 11.3.